The van der Waals surface area contributed by atoms with Crippen molar-refractivity contribution in [3.63, 3.8) is 0 Å². The summed E-state index contributed by atoms with van der Waals surface area (Å²) in [5.74, 6) is -1.45. The Balaban J connectivity index is 1.72. The van der Waals surface area contributed by atoms with Gasteiger partial charge in [-0.1, -0.05) is 0 Å². The molecule has 0 radical (unpaired) electrons. The first-order valence-corrected chi connectivity index (χ1v) is 9.28. The van der Waals surface area contributed by atoms with Gasteiger partial charge in [0.15, 0.2) is 0 Å². The summed E-state index contributed by atoms with van der Waals surface area (Å²) in [6, 6.07) is 7.20. The topological polar surface area (TPSA) is 117 Å². The van der Waals surface area contributed by atoms with Gasteiger partial charge in [0.1, 0.15) is 4.90 Å². The molecule has 27 heavy (non-hydrogen) atoms. The van der Waals surface area contributed by atoms with Crippen LogP contribution in [0.1, 0.15) is 20.7 Å². The fourth-order valence-corrected chi connectivity index (χ4v) is 3.70. The maximum atomic E-state index is 12.4. The summed E-state index contributed by atoms with van der Waals surface area (Å²) in [6.45, 7) is -0.429. The van der Waals surface area contributed by atoms with Gasteiger partial charge >= 0.3 is 0 Å². The number of nitrogens with one attached hydrogen (secondary N) is 1. The molecule has 1 aromatic heterocycles. The van der Waals surface area contributed by atoms with Crippen LogP contribution in [0.15, 0.2) is 47.6 Å². The molecule has 0 aliphatic carbocycles. The van der Waals surface area contributed by atoms with Gasteiger partial charge in [0.2, 0.25) is 15.9 Å². The van der Waals surface area contributed by atoms with E-state index in [2.05, 4.69) is 10.3 Å². The van der Waals surface area contributed by atoms with E-state index in [0.29, 0.717) is 5.69 Å². The number of carbonyl (C=O) groups excluding carboxylic acids is 3. The summed E-state index contributed by atoms with van der Waals surface area (Å²) in [6.07, 6.45) is 2.65. The third-order valence-electron chi connectivity index (χ3n) is 4.08. The first kappa shape index (κ1) is 18.7. The van der Waals surface area contributed by atoms with Crippen LogP contribution >= 0.6 is 0 Å². The summed E-state index contributed by atoms with van der Waals surface area (Å²) < 4.78 is 25.7. The average Bonchev–Trinajstić information content (AvgIpc) is 2.86. The van der Waals surface area contributed by atoms with Crippen molar-refractivity contribution in [2.45, 2.75) is 4.90 Å². The smallest absolute Gasteiger partial charge is 0.261 e. The van der Waals surface area contributed by atoms with E-state index in [-0.39, 0.29) is 16.0 Å². The second-order valence-electron chi connectivity index (χ2n) is 5.93. The van der Waals surface area contributed by atoms with Gasteiger partial charge in [0.05, 0.1) is 17.7 Å². The summed E-state index contributed by atoms with van der Waals surface area (Å²) >= 11 is 0. The number of sulfonamides is 1. The minimum Gasteiger partial charge on any atom is -0.325 e. The molecule has 1 aliphatic heterocycles. The number of imide groups is 1. The summed E-state index contributed by atoms with van der Waals surface area (Å²) in [5.41, 5.74) is 0.746. The number of likely N-dealkylation sites (N-methyl/N-ethyl adjacent to an activating group) is 1. The van der Waals surface area contributed by atoms with Gasteiger partial charge in [-0.05, 0) is 30.3 Å². The molecule has 2 aromatic rings. The number of rotatable bonds is 5. The maximum absolute atomic E-state index is 12.4. The molecular weight excluding hydrogens is 372 g/mol. The lowest BCUT2D eigenvalue weighted by atomic mass is 10.1. The number of benzene rings is 1. The molecule has 1 aromatic carbocycles. The molecule has 3 rings (SSSR count). The van der Waals surface area contributed by atoms with E-state index in [4.69, 9.17) is 0 Å². The van der Waals surface area contributed by atoms with E-state index in [1.54, 1.807) is 0 Å². The van der Waals surface area contributed by atoms with Crippen LogP contribution in [0.3, 0.4) is 0 Å². The predicted octanol–water partition coefficient (Wildman–Crippen LogP) is 0.567. The first-order valence-electron chi connectivity index (χ1n) is 7.84. The Hall–Kier alpha value is -3.11. The fraction of sp³-hybridized carbons (Fsp3) is 0.176. The number of fused-ring (bicyclic) bond motifs is 1. The Morgan fingerprint density at radius 2 is 1.89 bits per heavy atom. The van der Waals surface area contributed by atoms with E-state index in [1.807, 2.05) is 0 Å². The van der Waals surface area contributed by atoms with Gasteiger partial charge in [0, 0.05) is 32.2 Å². The van der Waals surface area contributed by atoms with Crippen LogP contribution in [0.25, 0.3) is 0 Å². The first-order chi connectivity index (χ1) is 12.7. The number of aromatic nitrogens is 1. The molecule has 2 heterocycles. The standard InChI is InChI=1S/C17H16N4O5S/c1-20(27(25,26)12-4-3-7-18-9-12)10-15(22)19-11-5-6-13-14(8-11)17(24)21(2)16(13)23/h3-9H,10H2,1-2H3,(H,19,22). The number of nitrogens with zero attached hydrogens (tertiary/aromatic N) is 3. The van der Waals surface area contributed by atoms with E-state index in [1.165, 1.54) is 56.8 Å². The van der Waals surface area contributed by atoms with Crippen LogP contribution < -0.4 is 5.32 Å². The maximum Gasteiger partial charge on any atom is 0.261 e. The largest absolute Gasteiger partial charge is 0.325 e. The van der Waals surface area contributed by atoms with Gasteiger partial charge in [0.25, 0.3) is 11.8 Å². The molecule has 0 fully saturated rings. The molecule has 1 aliphatic rings. The molecule has 0 saturated heterocycles. The number of anilines is 1. The molecule has 0 spiro atoms. The molecule has 0 saturated carbocycles. The van der Waals surface area contributed by atoms with Crippen molar-refractivity contribution in [1.82, 2.24) is 14.2 Å². The quantitative estimate of drug-likeness (QED) is 0.749. The molecule has 0 atom stereocenters. The number of hydrogen-bond acceptors (Lipinski definition) is 6. The van der Waals surface area contributed by atoms with Crippen molar-refractivity contribution in [3.05, 3.63) is 53.9 Å². The number of amides is 3. The van der Waals surface area contributed by atoms with Crippen molar-refractivity contribution in [1.29, 1.82) is 0 Å². The van der Waals surface area contributed by atoms with E-state index in [0.717, 1.165) is 9.21 Å². The van der Waals surface area contributed by atoms with Crippen LogP contribution in [0.2, 0.25) is 0 Å². The fourth-order valence-electron chi connectivity index (χ4n) is 2.61. The minimum atomic E-state index is -3.85. The molecule has 0 unspecified atom stereocenters. The Kier molecular flexibility index (Phi) is 4.77. The zero-order chi connectivity index (χ0) is 19.8. The lowest BCUT2D eigenvalue weighted by molar-refractivity contribution is -0.116. The molecule has 3 amide bonds. The molecular formula is C17H16N4O5S. The number of hydrogen-bond donors (Lipinski definition) is 1. The van der Waals surface area contributed by atoms with Gasteiger partial charge in [-0.25, -0.2) is 8.42 Å². The summed E-state index contributed by atoms with van der Waals surface area (Å²) in [5, 5.41) is 2.53. The molecule has 140 valence electrons. The predicted molar refractivity (Wildman–Crippen MR) is 95.5 cm³/mol. The minimum absolute atomic E-state index is 0.0232. The van der Waals surface area contributed by atoms with Gasteiger partial charge in [-0.2, -0.15) is 4.31 Å². The third-order valence-corrected chi connectivity index (χ3v) is 5.87. The third kappa shape index (κ3) is 3.44. The number of pyridine rings is 1. The Bertz CT molecular complexity index is 1040. The highest BCUT2D eigenvalue weighted by Crippen LogP contribution is 2.24. The number of carbonyl (C=O) groups is 3. The lowest BCUT2D eigenvalue weighted by Gasteiger charge is -2.16. The van der Waals surface area contributed by atoms with Gasteiger partial charge < -0.3 is 5.32 Å². The second-order valence-corrected chi connectivity index (χ2v) is 7.97. The van der Waals surface area contributed by atoms with Crippen molar-refractivity contribution in [2.75, 3.05) is 26.0 Å². The Labute approximate surface area is 155 Å². The Morgan fingerprint density at radius 1 is 1.19 bits per heavy atom. The van der Waals surface area contributed by atoms with Crippen molar-refractivity contribution >= 4 is 33.4 Å². The van der Waals surface area contributed by atoms with Crippen molar-refractivity contribution in [2.24, 2.45) is 0 Å². The van der Waals surface area contributed by atoms with Crippen LogP contribution in [-0.4, -0.2) is 61.0 Å². The molecule has 10 heteroatoms. The van der Waals surface area contributed by atoms with Crippen LogP contribution in [0, 0.1) is 0 Å². The van der Waals surface area contributed by atoms with Crippen molar-refractivity contribution in [3.8, 4) is 0 Å². The monoisotopic (exact) mass is 388 g/mol. The SMILES string of the molecule is CN1C(=O)c2ccc(NC(=O)CN(C)S(=O)(=O)c3cccnc3)cc2C1=O. The summed E-state index contributed by atoms with van der Waals surface area (Å²) in [7, 11) is -1.20. The Morgan fingerprint density at radius 3 is 2.56 bits per heavy atom. The van der Waals surface area contributed by atoms with Gasteiger partial charge in [-0.15, -0.1) is 0 Å². The highest BCUT2D eigenvalue weighted by atomic mass is 32.2. The summed E-state index contributed by atoms with van der Waals surface area (Å²) in [4.78, 5) is 40.8. The lowest BCUT2D eigenvalue weighted by Crippen LogP contribution is -2.35. The highest BCUT2D eigenvalue weighted by molar-refractivity contribution is 7.89. The molecule has 0 bridgehead atoms. The highest BCUT2D eigenvalue weighted by Gasteiger charge is 2.33. The van der Waals surface area contributed by atoms with E-state index < -0.39 is 34.3 Å². The normalized spacial score (nSPS) is 13.8. The van der Waals surface area contributed by atoms with Crippen LogP contribution in [0.5, 0.6) is 0 Å². The zero-order valence-corrected chi connectivity index (χ0v) is 15.4. The molecule has 1 N–H and O–H groups in total. The van der Waals surface area contributed by atoms with Gasteiger partial charge in [-0.3, -0.25) is 24.3 Å². The zero-order valence-electron chi connectivity index (χ0n) is 14.5. The van der Waals surface area contributed by atoms with Crippen molar-refractivity contribution < 1.29 is 22.8 Å². The van der Waals surface area contributed by atoms with Crippen LogP contribution in [-0.2, 0) is 14.8 Å². The average molecular weight is 388 g/mol. The molecule has 9 nitrogen and oxygen atoms in total. The van der Waals surface area contributed by atoms with E-state index >= 15 is 0 Å². The second kappa shape index (κ2) is 6.89. The van der Waals surface area contributed by atoms with E-state index in [9.17, 15) is 22.8 Å². The van der Waals surface area contributed by atoms with Crippen LogP contribution in [0.4, 0.5) is 5.69 Å².